The SMILES string of the molecule is O=C(O)COC(=O)CO.[Na+]. The van der Waals surface area contributed by atoms with Crippen molar-refractivity contribution in [2.75, 3.05) is 13.2 Å². The molecule has 0 aliphatic heterocycles. The van der Waals surface area contributed by atoms with Crippen LogP contribution in [0.1, 0.15) is 0 Å². The minimum Gasteiger partial charge on any atom is -0.479 e. The molecule has 0 amide bonds. The van der Waals surface area contributed by atoms with Crippen molar-refractivity contribution in [1.82, 2.24) is 0 Å². The molecule has 0 aliphatic rings. The van der Waals surface area contributed by atoms with Gasteiger partial charge in [-0.2, -0.15) is 0 Å². The predicted molar refractivity (Wildman–Crippen MR) is 25.7 cm³/mol. The van der Waals surface area contributed by atoms with Gasteiger partial charge in [-0.15, -0.1) is 0 Å². The molecule has 52 valence electrons. The largest absolute Gasteiger partial charge is 1.00 e. The van der Waals surface area contributed by atoms with E-state index in [4.69, 9.17) is 10.2 Å². The summed E-state index contributed by atoms with van der Waals surface area (Å²) in [5, 5.41) is 15.9. The maximum Gasteiger partial charge on any atom is 1.00 e. The first-order valence-electron chi connectivity index (χ1n) is 2.15. The number of hydrogen-bond acceptors (Lipinski definition) is 4. The Morgan fingerprint density at radius 3 is 2.20 bits per heavy atom. The van der Waals surface area contributed by atoms with Gasteiger partial charge in [0.15, 0.2) is 6.61 Å². The number of ether oxygens (including phenoxy) is 1. The third kappa shape index (κ3) is 7.90. The van der Waals surface area contributed by atoms with Gasteiger partial charge in [-0.25, -0.2) is 9.59 Å². The second-order valence-electron chi connectivity index (χ2n) is 1.21. The Labute approximate surface area is 79.3 Å². The molecule has 0 aromatic heterocycles. The number of esters is 1. The number of carbonyl (C=O) groups is 2. The number of aliphatic carboxylic acids is 1. The monoisotopic (exact) mass is 157 g/mol. The Hall–Kier alpha value is -0.100. The fourth-order valence-corrected chi connectivity index (χ4v) is 0.188. The first-order chi connectivity index (χ1) is 4.16. The molecule has 0 fully saturated rings. The summed E-state index contributed by atoms with van der Waals surface area (Å²) >= 11 is 0. The molecule has 0 saturated heterocycles. The second-order valence-corrected chi connectivity index (χ2v) is 1.21. The first kappa shape index (κ1) is 12.6. The minimum absolute atomic E-state index is 0. The molecule has 0 aliphatic carbocycles. The van der Waals surface area contributed by atoms with Crippen LogP contribution < -0.4 is 29.6 Å². The Balaban J connectivity index is 0. The van der Waals surface area contributed by atoms with Crippen LogP contribution in [0.2, 0.25) is 0 Å². The Bertz CT molecular complexity index is 123. The van der Waals surface area contributed by atoms with E-state index in [0.29, 0.717) is 0 Å². The Kier molecular flexibility index (Phi) is 8.81. The van der Waals surface area contributed by atoms with Crippen molar-refractivity contribution < 1.29 is 54.1 Å². The standard InChI is InChI=1S/C4H6O5.Na/c5-1-4(8)9-2-3(6)7;/h5H,1-2H2,(H,6,7);/q;+1. The van der Waals surface area contributed by atoms with Gasteiger partial charge < -0.3 is 14.9 Å². The van der Waals surface area contributed by atoms with Gasteiger partial charge in [0.2, 0.25) is 0 Å². The van der Waals surface area contributed by atoms with Gasteiger partial charge in [0.25, 0.3) is 0 Å². The summed E-state index contributed by atoms with van der Waals surface area (Å²) in [5.74, 6) is -2.17. The third-order valence-corrected chi connectivity index (χ3v) is 0.486. The number of hydrogen-bond donors (Lipinski definition) is 2. The number of rotatable bonds is 3. The van der Waals surface area contributed by atoms with Crippen LogP contribution in [0.4, 0.5) is 0 Å². The zero-order valence-electron chi connectivity index (χ0n) is 5.53. The molecule has 0 unspecified atom stereocenters. The molecule has 2 N–H and O–H groups in total. The molecule has 0 bridgehead atoms. The molecule has 0 rings (SSSR count). The average Bonchev–Trinajstić information content (AvgIpc) is 1.83. The molecular formula is C4H6NaO5+. The van der Waals surface area contributed by atoms with Crippen molar-refractivity contribution in [3.05, 3.63) is 0 Å². The topological polar surface area (TPSA) is 83.8 Å². The minimum atomic E-state index is -1.24. The Morgan fingerprint density at radius 2 is 1.90 bits per heavy atom. The molecular weight excluding hydrogens is 151 g/mol. The summed E-state index contributed by atoms with van der Waals surface area (Å²) in [5.41, 5.74) is 0. The van der Waals surface area contributed by atoms with Crippen LogP contribution in [0, 0.1) is 0 Å². The number of carboxylic acids is 1. The zero-order valence-corrected chi connectivity index (χ0v) is 7.53. The molecule has 0 atom stereocenters. The second kappa shape index (κ2) is 7.01. The molecule has 6 heteroatoms. The maximum atomic E-state index is 9.98. The van der Waals surface area contributed by atoms with Gasteiger partial charge in [0.1, 0.15) is 6.61 Å². The summed E-state index contributed by atoms with van der Waals surface area (Å²) < 4.78 is 3.96. The van der Waals surface area contributed by atoms with E-state index in [-0.39, 0.29) is 29.6 Å². The van der Waals surface area contributed by atoms with Gasteiger partial charge in [-0.1, -0.05) is 0 Å². The molecule has 0 radical (unpaired) electrons. The van der Waals surface area contributed by atoms with Crippen molar-refractivity contribution in [3.8, 4) is 0 Å². The van der Waals surface area contributed by atoms with E-state index >= 15 is 0 Å². The molecule has 10 heavy (non-hydrogen) atoms. The van der Waals surface area contributed by atoms with Crippen LogP contribution in [0.5, 0.6) is 0 Å². The van der Waals surface area contributed by atoms with E-state index in [0.717, 1.165) is 0 Å². The summed E-state index contributed by atoms with van der Waals surface area (Å²) in [6, 6.07) is 0. The van der Waals surface area contributed by atoms with Gasteiger partial charge in [-0.05, 0) is 0 Å². The van der Waals surface area contributed by atoms with Crippen molar-refractivity contribution in [2.24, 2.45) is 0 Å². The van der Waals surface area contributed by atoms with E-state index in [9.17, 15) is 9.59 Å². The van der Waals surface area contributed by atoms with Crippen LogP contribution in [-0.4, -0.2) is 35.4 Å². The predicted octanol–water partition coefficient (Wildman–Crippen LogP) is -4.39. The smallest absolute Gasteiger partial charge is 0.479 e. The fourth-order valence-electron chi connectivity index (χ4n) is 0.188. The zero-order chi connectivity index (χ0) is 7.28. The number of aliphatic hydroxyl groups is 1. The quantitative estimate of drug-likeness (QED) is 0.319. The summed E-state index contributed by atoms with van der Waals surface area (Å²) in [6.07, 6.45) is 0. The summed E-state index contributed by atoms with van der Waals surface area (Å²) in [6.45, 7) is -1.48. The van der Waals surface area contributed by atoms with Crippen molar-refractivity contribution >= 4 is 11.9 Å². The number of carboxylic acid groups (broad SMARTS) is 1. The number of aliphatic hydroxyl groups excluding tert-OH is 1. The fraction of sp³-hybridized carbons (Fsp3) is 0.500. The van der Waals surface area contributed by atoms with Crippen molar-refractivity contribution in [2.45, 2.75) is 0 Å². The van der Waals surface area contributed by atoms with E-state index < -0.39 is 25.2 Å². The first-order valence-corrected chi connectivity index (χ1v) is 2.15. The van der Waals surface area contributed by atoms with Crippen LogP contribution in [0.15, 0.2) is 0 Å². The van der Waals surface area contributed by atoms with E-state index in [1.807, 2.05) is 0 Å². The number of carbonyl (C=O) groups excluding carboxylic acids is 1. The summed E-state index contributed by atoms with van der Waals surface area (Å²) in [4.78, 5) is 19.6. The van der Waals surface area contributed by atoms with Gasteiger partial charge >= 0.3 is 41.5 Å². The van der Waals surface area contributed by atoms with Crippen molar-refractivity contribution in [3.63, 3.8) is 0 Å². The normalized spacial score (nSPS) is 7.70. The molecule has 0 spiro atoms. The van der Waals surface area contributed by atoms with Gasteiger partial charge in [-0.3, -0.25) is 0 Å². The van der Waals surface area contributed by atoms with Gasteiger partial charge in [0.05, 0.1) is 0 Å². The van der Waals surface area contributed by atoms with E-state index in [2.05, 4.69) is 4.74 Å². The third-order valence-electron chi connectivity index (χ3n) is 0.486. The van der Waals surface area contributed by atoms with E-state index in [1.165, 1.54) is 0 Å². The maximum absolute atomic E-state index is 9.98. The Morgan fingerprint density at radius 1 is 1.40 bits per heavy atom. The summed E-state index contributed by atoms with van der Waals surface area (Å²) in [7, 11) is 0. The van der Waals surface area contributed by atoms with Crippen molar-refractivity contribution in [1.29, 1.82) is 0 Å². The van der Waals surface area contributed by atoms with Crippen LogP contribution in [0.25, 0.3) is 0 Å². The molecule has 0 heterocycles. The van der Waals surface area contributed by atoms with E-state index in [1.54, 1.807) is 0 Å². The molecule has 0 saturated carbocycles. The van der Waals surface area contributed by atoms with Crippen LogP contribution in [0.3, 0.4) is 0 Å². The molecule has 0 aromatic carbocycles. The van der Waals surface area contributed by atoms with Gasteiger partial charge in [0, 0.05) is 0 Å². The van der Waals surface area contributed by atoms with Crippen LogP contribution in [-0.2, 0) is 14.3 Å². The molecule has 5 nitrogen and oxygen atoms in total. The average molecular weight is 157 g/mol. The molecule has 0 aromatic rings. The van der Waals surface area contributed by atoms with Crippen LogP contribution >= 0.6 is 0 Å².